The average molecular weight is 396 g/mol. The van der Waals surface area contributed by atoms with Gasteiger partial charge in [0.25, 0.3) is 10.1 Å². The molecule has 0 atom stereocenters. The van der Waals surface area contributed by atoms with E-state index in [4.69, 9.17) is 0 Å². The molecule has 0 aliphatic rings. The molecule has 0 heterocycles. The molecular formula is C21H20N2O4S. The van der Waals surface area contributed by atoms with E-state index < -0.39 is 16.1 Å². The largest absolute Gasteiger partial charge is 0.323 e. The Bertz CT molecular complexity index is 1140. The molecule has 0 saturated heterocycles. The average Bonchev–Trinajstić information content (AvgIpc) is 2.63. The third-order valence-electron chi connectivity index (χ3n) is 4.31. The molecule has 28 heavy (non-hydrogen) atoms. The molecule has 3 aromatic carbocycles. The minimum Gasteiger partial charge on any atom is -0.308 e. The Kier molecular flexibility index (Phi) is 5.48. The van der Waals surface area contributed by atoms with Gasteiger partial charge in [-0.05, 0) is 54.8 Å². The summed E-state index contributed by atoms with van der Waals surface area (Å²) in [4.78, 5) is 12.1. The number of hydrogen-bond donors (Lipinski definition) is 3. The smallest absolute Gasteiger partial charge is 0.308 e. The lowest BCUT2D eigenvalue weighted by molar-refractivity contribution is 0.262. The van der Waals surface area contributed by atoms with Gasteiger partial charge in [-0.2, -0.15) is 8.42 Å². The second-order valence-corrected chi connectivity index (χ2v) is 7.79. The van der Waals surface area contributed by atoms with Crippen molar-refractivity contribution in [3.05, 3.63) is 77.9 Å². The summed E-state index contributed by atoms with van der Waals surface area (Å²) in [5, 5.41) is 5.52. The van der Waals surface area contributed by atoms with E-state index in [1.807, 2.05) is 25.1 Å². The molecule has 0 aliphatic heterocycles. The van der Waals surface area contributed by atoms with Crippen molar-refractivity contribution in [1.82, 2.24) is 0 Å². The fourth-order valence-electron chi connectivity index (χ4n) is 2.98. The van der Waals surface area contributed by atoms with Crippen LogP contribution in [0.5, 0.6) is 0 Å². The first-order valence-corrected chi connectivity index (χ1v) is 10.0. The molecule has 7 heteroatoms. The summed E-state index contributed by atoms with van der Waals surface area (Å²) in [5.41, 5.74) is 3.78. The van der Waals surface area contributed by atoms with E-state index in [1.54, 1.807) is 49.4 Å². The van der Waals surface area contributed by atoms with Crippen LogP contribution < -0.4 is 10.6 Å². The van der Waals surface area contributed by atoms with Crippen LogP contribution in [0, 0.1) is 13.8 Å². The van der Waals surface area contributed by atoms with Gasteiger partial charge in [0.15, 0.2) is 0 Å². The Labute approximate surface area is 164 Å². The highest BCUT2D eigenvalue weighted by Crippen LogP contribution is 2.32. The van der Waals surface area contributed by atoms with Crippen molar-refractivity contribution in [2.45, 2.75) is 18.7 Å². The van der Waals surface area contributed by atoms with Crippen LogP contribution in [0.2, 0.25) is 0 Å². The number of urea groups is 1. The second kappa shape index (κ2) is 7.84. The van der Waals surface area contributed by atoms with Crippen LogP contribution in [0.4, 0.5) is 16.2 Å². The number of aryl methyl sites for hydroxylation is 2. The van der Waals surface area contributed by atoms with Crippen LogP contribution in [0.3, 0.4) is 0 Å². The zero-order valence-electron chi connectivity index (χ0n) is 15.4. The lowest BCUT2D eigenvalue weighted by atomic mass is 10.00. The standard InChI is InChI=1S/C21H20N2O4S/c1-14-7-3-4-11-18(14)23-21(24)22-17-10-6-9-16(13-17)20-15(2)8-5-12-19(20)28(25,26)27/h3-13H,1-2H3,(H2,22,23,24)(H,25,26,27). The van der Waals surface area contributed by atoms with E-state index in [0.717, 1.165) is 5.56 Å². The highest BCUT2D eigenvalue weighted by Gasteiger charge is 2.18. The SMILES string of the molecule is Cc1ccccc1NC(=O)Nc1cccc(-c2c(C)cccc2S(=O)(=O)O)c1. The first-order valence-electron chi connectivity index (χ1n) is 8.57. The number of carbonyl (C=O) groups excluding carboxylic acids is 1. The van der Waals surface area contributed by atoms with Gasteiger partial charge in [0, 0.05) is 16.9 Å². The number of hydrogen-bond acceptors (Lipinski definition) is 3. The molecule has 0 aromatic heterocycles. The lowest BCUT2D eigenvalue weighted by Crippen LogP contribution is -2.19. The van der Waals surface area contributed by atoms with Gasteiger partial charge in [-0.25, -0.2) is 4.79 Å². The van der Waals surface area contributed by atoms with E-state index >= 15 is 0 Å². The van der Waals surface area contributed by atoms with Crippen molar-refractivity contribution in [2.24, 2.45) is 0 Å². The van der Waals surface area contributed by atoms with Crippen LogP contribution in [0.15, 0.2) is 71.6 Å². The van der Waals surface area contributed by atoms with Gasteiger partial charge in [0.05, 0.1) is 0 Å². The topological polar surface area (TPSA) is 95.5 Å². The summed E-state index contributed by atoms with van der Waals surface area (Å²) < 4.78 is 33.1. The van der Waals surface area contributed by atoms with Gasteiger partial charge in [-0.15, -0.1) is 0 Å². The number of amides is 2. The van der Waals surface area contributed by atoms with Crippen molar-refractivity contribution in [3.8, 4) is 11.1 Å². The fourth-order valence-corrected chi connectivity index (χ4v) is 3.76. The summed E-state index contributed by atoms with van der Waals surface area (Å²) in [5.74, 6) is 0. The van der Waals surface area contributed by atoms with Crippen LogP contribution >= 0.6 is 0 Å². The molecular weight excluding hydrogens is 376 g/mol. The molecule has 144 valence electrons. The van der Waals surface area contributed by atoms with Gasteiger partial charge in [-0.1, -0.05) is 42.5 Å². The predicted molar refractivity (Wildman–Crippen MR) is 110 cm³/mol. The fraction of sp³-hybridized carbons (Fsp3) is 0.0952. The van der Waals surface area contributed by atoms with Crippen LogP contribution in [0.25, 0.3) is 11.1 Å². The summed E-state index contributed by atoms with van der Waals surface area (Å²) in [6.07, 6.45) is 0. The van der Waals surface area contributed by atoms with E-state index in [-0.39, 0.29) is 4.90 Å². The van der Waals surface area contributed by atoms with Gasteiger partial charge in [0.2, 0.25) is 0 Å². The van der Waals surface area contributed by atoms with Crippen LogP contribution in [-0.4, -0.2) is 19.0 Å². The first kappa shape index (κ1) is 19.6. The number of rotatable bonds is 4. The van der Waals surface area contributed by atoms with E-state index in [0.29, 0.717) is 28.1 Å². The monoisotopic (exact) mass is 396 g/mol. The van der Waals surface area contributed by atoms with E-state index in [9.17, 15) is 17.8 Å². The Morgan fingerprint density at radius 1 is 0.857 bits per heavy atom. The van der Waals surface area contributed by atoms with Gasteiger partial charge in [-0.3, -0.25) is 4.55 Å². The van der Waals surface area contributed by atoms with Gasteiger partial charge in [0.1, 0.15) is 4.90 Å². The molecule has 0 fully saturated rings. The lowest BCUT2D eigenvalue weighted by Gasteiger charge is -2.13. The number of carbonyl (C=O) groups is 1. The Balaban J connectivity index is 1.90. The van der Waals surface area contributed by atoms with Gasteiger partial charge < -0.3 is 10.6 Å². The molecule has 0 bridgehead atoms. The maximum absolute atomic E-state index is 12.3. The molecule has 6 nitrogen and oxygen atoms in total. The molecule has 2 amide bonds. The van der Waals surface area contributed by atoms with E-state index in [2.05, 4.69) is 10.6 Å². The maximum Gasteiger partial charge on any atom is 0.323 e. The van der Waals surface area contributed by atoms with Crippen molar-refractivity contribution in [1.29, 1.82) is 0 Å². The molecule has 3 N–H and O–H groups in total. The Morgan fingerprint density at radius 3 is 2.25 bits per heavy atom. The summed E-state index contributed by atoms with van der Waals surface area (Å²) in [7, 11) is -4.39. The zero-order chi connectivity index (χ0) is 20.3. The summed E-state index contributed by atoms with van der Waals surface area (Å²) >= 11 is 0. The third-order valence-corrected chi connectivity index (χ3v) is 5.21. The Morgan fingerprint density at radius 2 is 1.54 bits per heavy atom. The number of para-hydroxylation sites is 1. The Hall–Kier alpha value is -3.16. The van der Waals surface area contributed by atoms with Gasteiger partial charge >= 0.3 is 6.03 Å². The molecule has 3 aromatic rings. The quantitative estimate of drug-likeness (QED) is 0.549. The number of anilines is 2. The van der Waals surface area contributed by atoms with Crippen molar-refractivity contribution >= 4 is 27.5 Å². The molecule has 0 unspecified atom stereocenters. The summed E-state index contributed by atoms with van der Waals surface area (Å²) in [6.45, 7) is 3.65. The molecule has 0 aliphatic carbocycles. The predicted octanol–water partition coefficient (Wildman–Crippen LogP) is 4.86. The highest BCUT2D eigenvalue weighted by atomic mass is 32.2. The second-order valence-electron chi connectivity index (χ2n) is 6.40. The molecule has 0 radical (unpaired) electrons. The van der Waals surface area contributed by atoms with Crippen LogP contribution in [-0.2, 0) is 10.1 Å². The number of benzene rings is 3. The zero-order valence-corrected chi connectivity index (χ0v) is 16.2. The third kappa shape index (κ3) is 4.39. The minimum atomic E-state index is -4.39. The van der Waals surface area contributed by atoms with E-state index in [1.165, 1.54) is 6.07 Å². The first-order chi connectivity index (χ1) is 13.3. The van der Waals surface area contributed by atoms with Crippen molar-refractivity contribution in [2.75, 3.05) is 10.6 Å². The number of nitrogens with one attached hydrogen (secondary N) is 2. The highest BCUT2D eigenvalue weighted by molar-refractivity contribution is 7.86. The minimum absolute atomic E-state index is 0.172. The van der Waals surface area contributed by atoms with Crippen molar-refractivity contribution in [3.63, 3.8) is 0 Å². The van der Waals surface area contributed by atoms with Crippen molar-refractivity contribution < 1.29 is 17.8 Å². The molecule has 0 saturated carbocycles. The maximum atomic E-state index is 12.3. The summed E-state index contributed by atoms with van der Waals surface area (Å²) in [6, 6.07) is 18.5. The normalized spacial score (nSPS) is 11.1. The molecule has 3 rings (SSSR count). The molecule has 0 spiro atoms. The van der Waals surface area contributed by atoms with Crippen LogP contribution in [0.1, 0.15) is 11.1 Å².